The van der Waals surface area contributed by atoms with Crippen LogP contribution in [0.5, 0.6) is 0 Å². The van der Waals surface area contributed by atoms with E-state index < -0.39 is 0 Å². The standard InChI is InChI=1S/C34H43N3/c1-10-11-20-34(8,9)32-36-35-31(28-13-12-23(2)24(3)21-28)37(32)30-19-16-27(22-25(30)4)26-14-17-29(18-15-26)33(5,6)7/h12-19,21-22H,10-11,20H2,1-9H3. The summed E-state index contributed by atoms with van der Waals surface area (Å²) in [5, 5.41) is 9.59. The van der Waals surface area contributed by atoms with Gasteiger partial charge in [-0.25, -0.2) is 0 Å². The SMILES string of the molecule is CCCCC(C)(C)c1nnc(-c2ccc(C)c(C)c2)n1-c1ccc(-c2ccc(C(C)(C)C)cc2)cc1C. The van der Waals surface area contributed by atoms with Crippen molar-refractivity contribution in [3.05, 3.63) is 88.7 Å². The van der Waals surface area contributed by atoms with Gasteiger partial charge in [-0.15, -0.1) is 10.2 Å². The Labute approximate surface area is 224 Å². The lowest BCUT2D eigenvalue weighted by molar-refractivity contribution is 0.425. The zero-order valence-corrected chi connectivity index (χ0v) is 24.2. The Kier molecular flexibility index (Phi) is 7.46. The van der Waals surface area contributed by atoms with Gasteiger partial charge in [-0.1, -0.05) is 96.8 Å². The molecule has 0 atom stereocenters. The maximum absolute atomic E-state index is 4.81. The fourth-order valence-electron chi connectivity index (χ4n) is 5.00. The van der Waals surface area contributed by atoms with E-state index in [9.17, 15) is 0 Å². The van der Waals surface area contributed by atoms with Gasteiger partial charge in [0.05, 0.1) is 5.69 Å². The molecule has 3 heteroatoms. The third kappa shape index (κ3) is 5.56. The van der Waals surface area contributed by atoms with Gasteiger partial charge in [0.1, 0.15) is 5.82 Å². The van der Waals surface area contributed by atoms with Crippen LogP contribution < -0.4 is 0 Å². The summed E-state index contributed by atoms with van der Waals surface area (Å²) in [6, 6.07) is 22.4. The smallest absolute Gasteiger partial charge is 0.168 e. The molecule has 4 rings (SSSR count). The van der Waals surface area contributed by atoms with Crippen molar-refractivity contribution < 1.29 is 0 Å². The van der Waals surface area contributed by atoms with Gasteiger partial charge in [-0.05, 0) is 84.2 Å². The topological polar surface area (TPSA) is 30.7 Å². The van der Waals surface area contributed by atoms with Crippen molar-refractivity contribution in [2.45, 2.75) is 92.4 Å². The second-order valence-corrected chi connectivity index (χ2v) is 12.3. The highest BCUT2D eigenvalue weighted by Crippen LogP contribution is 2.36. The van der Waals surface area contributed by atoms with E-state index in [1.807, 2.05) is 0 Å². The number of benzene rings is 3. The minimum Gasteiger partial charge on any atom is -0.278 e. The second-order valence-electron chi connectivity index (χ2n) is 12.3. The molecule has 0 bridgehead atoms. The molecule has 0 fully saturated rings. The molecule has 0 unspecified atom stereocenters. The average molecular weight is 494 g/mol. The normalized spacial score (nSPS) is 12.2. The fourth-order valence-corrected chi connectivity index (χ4v) is 5.00. The van der Waals surface area contributed by atoms with E-state index in [0.29, 0.717) is 0 Å². The van der Waals surface area contributed by atoms with E-state index in [4.69, 9.17) is 10.2 Å². The predicted octanol–water partition coefficient (Wildman–Crippen LogP) is 9.29. The van der Waals surface area contributed by atoms with Crippen molar-refractivity contribution >= 4 is 0 Å². The molecule has 1 aromatic heterocycles. The van der Waals surface area contributed by atoms with Gasteiger partial charge >= 0.3 is 0 Å². The number of aromatic nitrogens is 3. The molecule has 3 nitrogen and oxygen atoms in total. The van der Waals surface area contributed by atoms with Crippen LogP contribution in [0.4, 0.5) is 0 Å². The van der Waals surface area contributed by atoms with Crippen molar-refractivity contribution in [3.63, 3.8) is 0 Å². The molecular formula is C34H43N3. The number of rotatable bonds is 7. The van der Waals surface area contributed by atoms with E-state index in [-0.39, 0.29) is 10.8 Å². The molecule has 0 spiro atoms. The molecule has 0 saturated carbocycles. The molecule has 0 aliphatic rings. The van der Waals surface area contributed by atoms with Crippen LogP contribution in [0.3, 0.4) is 0 Å². The van der Waals surface area contributed by atoms with Gasteiger partial charge < -0.3 is 0 Å². The highest BCUT2D eigenvalue weighted by atomic mass is 15.3. The third-order valence-corrected chi connectivity index (χ3v) is 7.71. The highest BCUT2D eigenvalue weighted by molar-refractivity contribution is 5.69. The lowest BCUT2D eigenvalue weighted by atomic mass is 9.85. The zero-order chi connectivity index (χ0) is 27.0. The first-order valence-corrected chi connectivity index (χ1v) is 13.7. The summed E-state index contributed by atoms with van der Waals surface area (Å²) in [5.41, 5.74) is 9.91. The Morgan fingerprint density at radius 1 is 0.676 bits per heavy atom. The van der Waals surface area contributed by atoms with Crippen molar-refractivity contribution in [1.82, 2.24) is 14.8 Å². The molecule has 0 amide bonds. The number of aryl methyl sites for hydroxylation is 3. The van der Waals surface area contributed by atoms with Gasteiger partial charge in [-0.2, -0.15) is 0 Å². The van der Waals surface area contributed by atoms with Crippen LogP contribution in [-0.4, -0.2) is 14.8 Å². The van der Waals surface area contributed by atoms with E-state index in [1.54, 1.807) is 0 Å². The van der Waals surface area contributed by atoms with Crippen LogP contribution in [0.1, 0.15) is 88.9 Å². The lowest BCUT2D eigenvalue weighted by Gasteiger charge is -2.26. The quantitative estimate of drug-likeness (QED) is 0.257. The molecule has 0 aliphatic carbocycles. The number of nitrogens with zero attached hydrogens (tertiary/aromatic N) is 3. The van der Waals surface area contributed by atoms with Crippen molar-refractivity contribution in [1.29, 1.82) is 0 Å². The molecule has 0 radical (unpaired) electrons. The summed E-state index contributed by atoms with van der Waals surface area (Å²) < 4.78 is 2.31. The first-order valence-electron chi connectivity index (χ1n) is 13.7. The van der Waals surface area contributed by atoms with E-state index in [1.165, 1.54) is 46.2 Å². The molecule has 0 saturated heterocycles. The van der Waals surface area contributed by atoms with E-state index in [2.05, 4.69) is 128 Å². The van der Waals surface area contributed by atoms with Crippen molar-refractivity contribution in [3.8, 4) is 28.2 Å². The molecule has 1 heterocycles. The van der Waals surface area contributed by atoms with Crippen LogP contribution in [0, 0.1) is 20.8 Å². The second kappa shape index (κ2) is 10.3. The zero-order valence-electron chi connectivity index (χ0n) is 24.2. The predicted molar refractivity (Wildman–Crippen MR) is 158 cm³/mol. The van der Waals surface area contributed by atoms with Crippen LogP contribution >= 0.6 is 0 Å². The Hall–Kier alpha value is -3.20. The highest BCUT2D eigenvalue weighted by Gasteiger charge is 2.30. The van der Waals surface area contributed by atoms with Crippen LogP contribution in [-0.2, 0) is 10.8 Å². The van der Waals surface area contributed by atoms with Crippen LogP contribution in [0.25, 0.3) is 28.2 Å². The Morgan fingerprint density at radius 3 is 1.89 bits per heavy atom. The molecular weight excluding hydrogens is 450 g/mol. The summed E-state index contributed by atoms with van der Waals surface area (Å²) in [6.45, 7) is 20.1. The Balaban J connectivity index is 1.84. The van der Waals surface area contributed by atoms with Gasteiger partial charge in [0, 0.05) is 11.0 Å². The molecule has 37 heavy (non-hydrogen) atoms. The largest absolute Gasteiger partial charge is 0.278 e. The first-order chi connectivity index (χ1) is 17.4. The third-order valence-electron chi connectivity index (χ3n) is 7.71. The van der Waals surface area contributed by atoms with Gasteiger partial charge in [0.2, 0.25) is 0 Å². The Morgan fingerprint density at radius 2 is 1.30 bits per heavy atom. The van der Waals surface area contributed by atoms with Gasteiger partial charge in [-0.3, -0.25) is 4.57 Å². The summed E-state index contributed by atoms with van der Waals surface area (Å²) in [6.07, 6.45) is 3.41. The number of hydrogen-bond donors (Lipinski definition) is 0. The van der Waals surface area contributed by atoms with Gasteiger partial charge in [0.15, 0.2) is 5.82 Å². The van der Waals surface area contributed by atoms with Crippen LogP contribution in [0.2, 0.25) is 0 Å². The van der Waals surface area contributed by atoms with E-state index >= 15 is 0 Å². The molecule has 0 aliphatic heterocycles. The van der Waals surface area contributed by atoms with Gasteiger partial charge in [0.25, 0.3) is 0 Å². The number of hydrogen-bond acceptors (Lipinski definition) is 2. The Bertz CT molecular complexity index is 1380. The molecule has 0 N–H and O–H groups in total. The minimum absolute atomic E-state index is 0.0884. The summed E-state index contributed by atoms with van der Waals surface area (Å²) in [4.78, 5) is 0. The molecule has 3 aromatic carbocycles. The first kappa shape index (κ1) is 26.9. The average Bonchev–Trinajstić information content (AvgIpc) is 3.30. The minimum atomic E-state index is -0.0884. The van der Waals surface area contributed by atoms with E-state index in [0.717, 1.165) is 29.3 Å². The molecule has 4 aromatic rings. The monoisotopic (exact) mass is 493 g/mol. The van der Waals surface area contributed by atoms with Crippen LogP contribution in [0.15, 0.2) is 60.7 Å². The summed E-state index contributed by atoms with van der Waals surface area (Å²) >= 11 is 0. The summed E-state index contributed by atoms with van der Waals surface area (Å²) in [5.74, 6) is 1.94. The van der Waals surface area contributed by atoms with Crippen molar-refractivity contribution in [2.24, 2.45) is 0 Å². The summed E-state index contributed by atoms with van der Waals surface area (Å²) in [7, 11) is 0. The molecule has 194 valence electrons. The lowest BCUT2D eigenvalue weighted by Crippen LogP contribution is -2.23. The fraction of sp³-hybridized carbons (Fsp3) is 0.412. The van der Waals surface area contributed by atoms with Crippen molar-refractivity contribution in [2.75, 3.05) is 0 Å². The maximum Gasteiger partial charge on any atom is 0.168 e. The number of unbranched alkanes of at least 4 members (excludes halogenated alkanes) is 1. The maximum atomic E-state index is 4.81.